The van der Waals surface area contributed by atoms with Crippen molar-refractivity contribution in [2.75, 3.05) is 10.2 Å². The smallest absolute Gasteiger partial charge is 0.263 e. The van der Waals surface area contributed by atoms with Crippen LogP contribution in [0.15, 0.2) is 30.7 Å². The molecule has 0 bridgehead atoms. The van der Waals surface area contributed by atoms with Gasteiger partial charge in [-0.05, 0) is 18.1 Å². The molecule has 1 N–H and O–H groups in total. The van der Waals surface area contributed by atoms with E-state index in [4.69, 9.17) is 0 Å². The summed E-state index contributed by atoms with van der Waals surface area (Å²) < 4.78 is 1.56. The summed E-state index contributed by atoms with van der Waals surface area (Å²) in [6.45, 7) is 3.96. The van der Waals surface area contributed by atoms with Gasteiger partial charge in [0.05, 0.1) is 17.4 Å². The Morgan fingerprint density at radius 2 is 2.26 bits per heavy atom. The highest BCUT2D eigenvalue weighted by molar-refractivity contribution is 6.15. The van der Waals surface area contributed by atoms with E-state index in [1.54, 1.807) is 36.3 Å². The quantitative estimate of drug-likeness (QED) is 0.937. The number of pyridine rings is 1. The minimum atomic E-state index is -0.588. The second-order valence-electron chi connectivity index (χ2n) is 5.77. The van der Waals surface area contributed by atoms with Crippen LogP contribution in [0.5, 0.6) is 0 Å². The molecule has 0 saturated carbocycles. The zero-order chi connectivity index (χ0) is 16.6. The van der Waals surface area contributed by atoms with E-state index in [1.807, 2.05) is 13.8 Å². The zero-order valence-corrected chi connectivity index (χ0v) is 13.4. The molecule has 23 heavy (non-hydrogen) atoms. The van der Waals surface area contributed by atoms with Gasteiger partial charge in [0.1, 0.15) is 6.04 Å². The van der Waals surface area contributed by atoms with Gasteiger partial charge in [-0.2, -0.15) is 5.10 Å². The Morgan fingerprint density at radius 3 is 2.91 bits per heavy atom. The first kappa shape index (κ1) is 15.2. The van der Waals surface area contributed by atoms with Crippen LogP contribution < -0.4 is 10.2 Å². The molecule has 1 aliphatic rings. The van der Waals surface area contributed by atoms with Gasteiger partial charge in [0, 0.05) is 19.4 Å². The lowest BCUT2D eigenvalue weighted by Gasteiger charge is -2.37. The number of fused-ring (bicyclic) bond motifs is 1. The largest absolute Gasteiger partial charge is 0.321 e. The van der Waals surface area contributed by atoms with Gasteiger partial charge in [-0.3, -0.25) is 19.2 Å². The number of aromatic nitrogens is 3. The van der Waals surface area contributed by atoms with Gasteiger partial charge in [0.25, 0.3) is 5.91 Å². The summed E-state index contributed by atoms with van der Waals surface area (Å²) in [4.78, 5) is 31.4. The molecule has 0 fully saturated rings. The lowest BCUT2D eigenvalue weighted by Crippen LogP contribution is -2.54. The Balaban J connectivity index is 2.10. The number of anilines is 2. The van der Waals surface area contributed by atoms with E-state index in [0.29, 0.717) is 17.1 Å². The molecule has 7 nitrogen and oxygen atoms in total. The molecule has 0 aromatic carbocycles. The number of nitrogens with one attached hydrogen (secondary N) is 1. The van der Waals surface area contributed by atoms with Crippen molar-refractivity contribution in [2.24, 2.45) is 13.0 Å². The van der Waals surface area contributed by atoms with Crippen LogP contribution in [0.1, 0.15) is 30.6 Å². The third-order valence-corrected chi connectivity index (χ3v) is 4.17. The van der Waals surface area contributed by atoms with Gasteiger partial charge in [-0.1, -0.05) is 20.3 Å². The Bertz CT molecular complexity index is 754. The third kappa shape index (κ3) is 2.58. The molecule has 0 aliphatic carbocycles. The third-order valence-electron chi connectivity index (χ3n) is 4.17. The molecule has 2 aromatic rings. The fourth-order valence-corrected chi connectivity index (χ4v) is 2.77. The predicted molar refractivity (Wildman–Crippen MR) is 86.1 cm³/mol. The molecule has 120 valence electrons. The molecular formula is C16H19N5O2. The fraction of sp³-hybridized carbons (Fsp3) is 0.375. The van der Waals surface area contributed by atoms with E-state index in [-0.39, 0.29) is 17.7 Å². The molecule has 7 heteroatoms. The lowest BCUT2D eigenvalue weighted by atomic mass is 9.94. The number of amides is 2. The molecule has 2 aromatic heterocycles. The average molecular weight is 313 g/mol. The van der Waals surface area contributed by atoms with Crippen molar-refractivity contribution >= 4 is 23.3 Å². The van der Waals surface area contributed by atoms with Crippen LogP contribution in [0.4, 0.5) is 11.5 Å². The normalized spacial score (nSPS) is 18.3. The van der Waals surface area contributed by atoms with E-state index < -0.39 is 6.04 Å². The van der Waals surface area contributed by atoms with Crippen molar-refractivity contribution in [3.8, 4) is 0 Å². The summed E-state index contributed by atoms with van der Waals surface area (Å²) in [5, 5.41) is 6.90. The zero-order valence-electron chi connectivity index (χ0n) is 13.4. The average Bonchev–Trinajstić information content (AvgIpc) is 2.98. The number of hydrogen-bond donors (Lipinski definition) is 1. The first-order valence-corrected chi connectivity index (χ1v) is 7.61. The number of carbonyl (C=O) groups is 2. The van der Waals surface area contributed by atoms with Gasteiger partial charge in [0.2, 0.25) is 5.91 Å². The summed E-state index contributed by atoms with van der Waals surface area (Å²) >= 11 is 0. The van der Waals surface area contributed by atoms with Gasteiger partial charge < -0.3 is 5.32 Å². The Labute approximate surface area is 134 Å². The van der Waals surface area contributed by atoms with Crippen molar-refractivity contribution < 1.29 is 9.59 Å². The lowest BCUT2D eigenvalue weighted by molar-refractivity contribution is -0.118. The number of aryl methyl sites for hydroxylation is 1. The van der Waals surface area contributed by atoms with E-state index >= 15 is 0 Å². The minimum absolute atomic E-state index is 0.00535. The van der Waals surface area contributed by atoms with Crippen LogP contribution in [0.3, 0.4) is 0 Å². The van der Waals surface area contributed by atoms with Crippen LogP contribution in [0, 0.1) is 5.92 Å². The molecule has 0 spiro atoms. The number of hydrogen-bond acceptors (Lipinski definition) is 4. The van der Waals surface area contributed by atoms with Crippen LogP contribution >= 0.6 is 0 Å². The Hall–Kier alpha value is -2.70. The van der Waals surface area contributed by atoms with Crippen molar-refractivity contribution in [3.05, 3.63) is 36.3 Å². The molecule has 0 saturated heterocycles. The molecule has 3 rings (SSSR count). The van der Waals surface area contributed by atoms with E-state index in [9.17, 15) is 9.59 Å². The maximum Gasteiger partial charge on any atom is 0.263 e. The second kappa shape index (κ2) is 5.83. The predicted octanol–water partition coefficient (Wildman–Crippen LogP) is 1.83. The highest BCUT2D eigenvalue weighted by Crippen LogP contribution is 2.34. The van der Waals surface area contributed by atoms with Crippen LogP contribution in [0.25, 0.3) is 0 Å². The number of carbonyl (C=O) groups excluding carboxylic acids is 2. The summed E-state index contributed by atoms with van der Waals surface area (Å²) in [6.07, 6.45) is 5.54. The van der Waals surface area contributed by atoms with Crippen molar-refractivity contribution in [1.82, 2.24) is 14.8 Å². The van der Waals surface area contributed by atoms with Gasteiger partial charge in [-0.15, -0.1) is 0 Å². The first-order chi connectivity index (χ1) is 11.0. The maximum atomic E-state index is 13.0. The molecule has 2 atom stereocenters. The summed E-state index contributed by atoms with van der Waals surface area (Å²) in [5.74, 6) is 0.0346. The maximum absolute atomic E-state index is 13.0. The SMILES string of the molecule is CC[C@H](C)[C@H]1C(=O)Nc2cccnc2N1C(=O)c1cnn(C)c1. The van der Waals surface area contributed by atoms with Crippen molar-refractivity contribution in [1.29, 1.82) is 0 Å². The molecule has 3 heterocycles. The molecule has 0 unspecified atom stereocenters. The minimum Gasteiger partial charge on any atom is -0.321 e. The standard InChI is InChI=1S/C16H19N5O2/c1-4-10(2)13-15(22)19-12-6-5-7-17-14(12)21(13)16(23)11-8-18-20(3)9-11/h5-10,13H,4H2,1-3H3,(H,19,22)/t10-,13-/m0/s1. The highest BCUT2D eigenvalue weighted by Gasteiger charge is 2.41. The van der Waals surface area contributed by atoms with Gasteiger partial charge >= 0.3 is 0 Å². The van der Waals surface area contributed by atoms with Gasteiger partial charge in [-0.25, -0.2) is 4.98 Å². The van der Waals surface area contributed by atoms with Crippen LogP contribution in [0.2, 0.25) is 0 Å². The Kier molecular flexibility index (Phi) is 3.85. The summed E-state index contributed by atoms with van der Waals surface area (Å²) in [5.41, 5.74) is 0.987. The number of rotatable bonds is 3. The summed E-state index contributed by atoms with van der Waals surface area (Å²) in [7, 11) is 1.75. The number of nitrogens with zero attached hydrogens (tertiary/aromatic N) is 4. The molecule has 1 aliphatic heterocycles. The van der Waals surface area contributed by atoms with Crippen molar-refractivity contribution in [2.45, 2.75) is 26.3 Å². The molecular weight excluding hydrogens is 294 g/mol. The van der Waals surface area contributed by atoms with Crippen LogP contribution in [-0.2, 0) is 11.8 Å². The van der Waals surface area contributed by atoms with Crippen LogP contribution in [-0.4, -0.2) is 32.6 Å². The van der Waals surface area contributed by atoms with E-state index in [2.05, 4.69) is 15.4 Å². The highest BCUT2D eigenvalue weighted by atomic mass is 16.2. The summed E-state index contributed by atoms with van der Waals surface area (Å²) in [6, 6.07) is 2.89. The second-order valence-corrected chi connectivity index (χ2v) is 5.77. The molecule has 2 amide bonds. The molecule has 0 radical (unpaired) electrons. The van der Waals surface area contributed by atoms with Crippen molar-refractivity contribution in [3.63, 3.8) is 0 Å². The van der Waals surface area contributed by atoms with E-state index in [1.165, 1.54) is 11.1 Å². The topological polar surface area (TPSA) is 80.1 Å². The monoisotopic (exact) mass is 313 g/mol. The first-order valence-electron chi connectivity index (χ1n) is 7.61. The fourth-order valence-electron chi connectivity index (χ4n) is 2.77. The van der Waals surface area contributed by atoms with E-state index in [0.717, 1.165) is 6.42 Å². The Morgan fingerprint density at radius 1 is 1.48 bits per heavy atom. The van der Waals surface area contributed by atoms with Gasteiger partial charge in [0.15, 0.2) is 5.82 Å².